The molecule has 0 amide bonds. The van der Waals surface area contributed by atoms with E-state index in [9.17, 15) is 4.79 Å². The molecule has 7 nitrogen and oxygen atoms in total. The second-order valence-corrected chi connectivity index (χ2v) is 6.27. The molecular weight excluding hydrogens is 372 g/mol. The molecule has 1 aliphatic heterocycles. The molecule has 1 aromatic heterocycles. The van der Waals surface area contributed by atoms with Crippen LogP contribution in [0.5, 0.6) is 11.5 Å². The van der Waals surface area contributed by atoms with Gasteiger partial charge in [-0.1, -0.05) is 35.5 Å². The average Bonchev–Trinajstić information content (AvgIpc) is 3.30. The number of carbonyl (C=O) groups is 1. The van der Waals surface area contributed by atoms with Crippen molar-refractivity contribution in [3.63, 3.8) is 0 Å². The van der Waals surface area contributed by atoms with Gasteiger partial charge in [0.2, 0.25) is 5.90 Å². The second kappa shape index (κ2) is 7.63. The van der Waals surface area contributed by atoms with Crippen molar-refractivity contribution in [2.75, 3.05) is 14.2 Å². The van der Waals surface area contributed by atoms with Crippen molar-refractivity contribution in [1.29, 1.82) is 0 Å². The number of methoxy groups -OCH3 is 2. The molecular formula is C22H18N2O5. The highest BCUT2D eigenvalue weighted by Gasteiger charge is 2.30. The molecule has 0 aliphatic carbocycles. The van der Waals surface area contributed by atoms with Gasteiger partial charge in [-0.3, -0.25) is 0 Å². The van der Waals surface area contributed by atoms with E-state index in [1.807, 2.05) is 30.3 Å². The summed E-state index contributed by atoms with van der Waals surface area (Å²) in [6.45, 7) is 1.75. The Kier molecular flexibility index (Phi) is 4.87. The molecule has 0 radical (unpaired) electrons. The minimum Gasteiger partial charge on any atom is -0.497 e. The number of cyclic esters (lactones) is 1. The van der Waals surface area contributed by atoms with E-state index in [-0.39, 0.29) is 11.6 Å². The predicted octanol–water partition coefficient (Wildman–Crippen LogP) is 4.01. The van der Waals surface area contributed by atoms with Crippen molar-refractivity contribution in [3.05, 3.63) is 71.1 Å². The summed E-state index contributed by atoms with van der Waals surface area (Å²) in [6, 6.07) is 14.8. The Morgan fingerprint density at radius 1 is 1.03 bits per heavy atom. The summed E-state index contributed by atoms with van der Waals surface area (Å²) in [5.41, 5.74) is 2.74. The van der Waals surface area contributed by atoms with Crippen molar-refractivity contribution in [1.82, 2.24) is 5.16 Å². The highest BCUT2D eigenvalue weighted by Crippen LogP contribution is 2.31. The van der Waals surface area contributed by atoms with Crippen molar-refractivity contribution >= 4 is 17.9 Å². The Labute approximate surface area is 167 Å². The van der Waals surface area contributed by atoms with Crippen LogP contribution >= 0.6 is 0 Å². The Hall–Kier alpha value is -3.87. The van der Waals surface area contributed by atoms with Gasteiger partial charge in [-0.15, -0.1) is 0 Å². The number of benzene rings is 2. The predicted molar refractivity (Wildman–Crippen MR) is 107 cm³/mol. The summed E-state index contributed by atoms with van der Waals surface area (Å²) < 4.78 is 21.4. The van der Waals surface area contributed by atoms with Crippen molar-refractivity contribution in [2.45, 2.75) is 6.92 Å². The number of esters is 1. The molecule has 0 N–H and O–H groups in total. The molecule has 3 aromatic rings. The summed E-state index contributed by atoms with van der Waals surface area (Å²) in [6.07, 6.45) is 1.60. The van der Waals surface area contributed by atoms with E-state index in [0.29, 0.717) is 34.1 Å². The van der Waals surface area contributed by atoms with Crippen LogP contribution in [0.25, 0.3) is 17.3 Å². The van der Waals surface area contributed by atoms with E-state index in [0.717, 1.165) is 5.56 Å². The Balaban J connectivity index is 1.77. The molecule has 29 heavy (non-hydrogen) atoms. The largest absolute Gasteiger partial charge is 0.497 e. The van der Waals surface area contributed by atoms with Gasteiger partial charge in [0.25, 0.3) is 0 Å². The lowest BCUT2D eigenvalue weighted by molar-refractivity contribution is -0.129. The maximum Gasteiger partial charge on any atom is 0.363 e. The van der Waals surface area contributed by atoms with Crippen LogP contribution in [0.1, 0.15) is 16.9 Å². The third kappa shape index (κ3) is 3.50. The zero-order chi connectivity index (χ0) is 20.4. The third-order valence-corrected chi connectivity index (χ3v) is 4.47. The number of aryl methyl sites for hydroxylation is 1. The quantitative estimate of drug-likeness (QED) is 0.483. The van der Waals surface area contributed by atoms with Crippen molar-refractivity contribution in [3.8, 4) is 22.8 Å². The standard InChI is InChI=1S/C22H18N2O5/c1-13-19(20(24-29-13)14-7-5-4-6-8-14)21-23-17(22(25)28-21)12-15-11-16(26-2)9-10-18(15)27-3/h4-12H,1-3H3. The second-order valence-electron chi connectivity index (χ2n) is 6.27. The Morgan fingerprint density at radius 2 is 1.83 bits per heavy atom. The normalized spacial score (nSPS) is 14.7. The number of hydrogen-bond donors (Lipinski definition) is 0. The lowest BCUT2D eigenvalue weighted by atomic mass is 10.1. The Morgan fingerprint density at radius 3 is 2.55 bits per heavy atom. The lowest BCUT2D eigenvalue weighted by Crippen LogP contribution is -2.07. The van der Waals surface area contributed by atoms with Gasteiger partial charge in [0, 0.05) is 11.1 Å². The van der Waals surface area contributed by atoms with Crippen LogP contribution < -0.4 is 9.47 Å². The van der Waals surface area contributed by atoms with Gasteiger partial charge in [-0.05, 0) is 31.2 Å². The summed E-state index contributed by atoms with van der Waals surface area (Å²) in [7, 11) is 3.12. The monoisotopic (exact) mass is 390 g/mol. The first kappa shape index (κ1) is 18.5. The zero-order valence-electron chi connectivity index (χ0n) is 16.1. The van der Waals surface area contributed by atoms with E-state index in [4.69, 9.17) is 18.7 Å². The van der Waals surface area contributed by atoms with Crippen LogP contribution in [0.3, 0.4) is 0 Å². The number of aliphatic imine (C=N–C) groups is 1. The first-order valence-electron chi connectivity index (χ1n) is 8.87. The van der Waals surface area contributed by atoms with E-state index >= 15 is 0 Å². The summed E-state index contributed by atoms with van der Waals surface area (Å²) in [5.74, 6) is 1.32. The molecule has 0 fully saturated rings. The van der Waals surface area contributed by atoms with Crippen LogP contribution in [0, 0.1) is 6.92 Å². The van der Waals surface area contributed by atoms with E-state index < -0.39 is 5.97 Å². The lowest BCUT2D eigenvalue weighted by Gasteiger charge is -2.07. The molecule has 146 valence electrons. The molecule has 0 spiro atoms. The molecule has 4 rings (SSSR count). The van der Waals surface area contributed by atoms with E-state index in [1.165, 1.54) is 0 Å². The maximum absolute atomic E-state index is 12.5. The van der Waals surface area contributed by atoms with Gasteiger partial charge in [0.1, 0.15) is 28.5 Å². The van der Waals surface area contributed by atoms with Gasteiger partial charge in [-0.25, -0.2) is 9.79 Å². The van der Waals surface area contributed by atoms with Gasteiger partial charge in [0.05, 0.1) is 14.2 Å². The first-order valence-corrected chi connectivity index (χ1v) is 8.87. The van der Waals surface area contributed by atoms with Crippen LogP contribution in [-0.2, 0) is 9.53 Å². The number of hydrogen-bond acceptors (Lipinski definition) is 7. The average molecular weight is 390 g/mol. The fourth-order valence-electron chi connectivity index (χ4n) is 3.03. The molecule has 7 heteroatoms. The number of carbonyl (C=O) groups excluding carboxylic acids is 1. The fourth-order valence-corrected chi connectivity index (χ4v) is 3.03. The number of ether oxygens (including phenoxy) is 3. The molecule has 1 aliphatic rings. The van der Waals surface area contributed by atoms with Crippen LogP contribution in [0.15, 0.2) is 63.7 Å². The molecule has 0 unspecified atom stereocenters. The molecule has 0 atom stereocenters. The first-order chi connectivity index (χ1) is 14.1. The molecule has 0 saturated heterocycles. The van der Waals surface area contributed by atoms with Crippen LogP contribution in [-0.4, -0.2) is 31.2 Å². The summed E-state index contributed by atoms with van der Waals surface area (Å²) in [4.78, 5) is 16.9. The minimum atomic E-state index is -0.565. The minimum absolute atomic E-state index is 0.145. The van der Waals surface area contributed by atoms with Gasteiger partial charge >= 0.3 is 5.97 Å². The Bertz CT molecular complexity index is 1130. The smallest absolute Gasteiger partial charge is 0.363 e. The summed E-state index contributed by atoms with van der Waals surface area (Å²) >= 11 is 0. The van der Waals surface area contributed by atoms with E-state index in [2.05, 4.69) is 10.1 Å². The van der Waals surface area contributed by atoms with Crippen molar-refractivity contribution < 1.29 is 23.5 Å². The molecule has 2 aromatic carbocycles. The number of rotatable bonds is 5. The van der Waals surface area contributed by atoms with Gasteiger partial charge in [0.15, 0.2) is 5.70 Å². The topological polar surface area (TPSA) is 83.2 Å². The summed E-state index contributed by atoms with van der Waals surface area (Å²) in [5, 5.41) is 4.11. The van der Waals surface area contributed by atoms with Gasteiger partial charge in [-0.2, -0.15) is 0 Å². The SMILES string of the molecule is COc1ccc(OC)c(C=C2N=C(c3c(-c4ccccc4)noc3C)OC2=O)c1. The molecule has 0 saturated carbocycles. The number of nitrogens with zero attached hydrogens (tertiary/aromatic N) is 2. The van der Waals surface area contributed by atoms with E-state index in [1.54, 1.807) is 45.4 Å². The number of aromatic nitrogens is 1. The van der Waals surface area contributed by atoms with Gasteiger partial charge < -0.3 is 18.7 Å². The highest BCUT2D eigenvalue weighted by molar-refractivity contribution is 6.15. The van der Waals surface area contributed by atoms with Crippen molar-refractivity contribution in [2.24, 2.45) is 4.99 Å². The maximum atomic E-state index is 12.5. The zero-order valence-corrected chi connectivity index (χ0v) is 16.1. The van der Waals surface area contributed by atoms with Crippen LogP contribution in [0.4, 0.5) is 0 Å². The highest BCUT2D eigenvalue weighted by atomic mass is 16.6. The molecule has 0 bridgehead atoms. The van der Waals surface area contributed by atoms with Crippen LogP contribution in [0.2, 0.25) is 0 Å². The fraction of sp³-hybridized carbons (Fsp3) is 0.136. The third-order valence-electron chi connectivity index (χ3n) is 4.47. The molecule has 2 heterocycles.